The maximum Gasteiger partial charge on any atom is 0.339 e. The highest BCUT2D eigenvalue weighted by molar-refractivity contribution is 6.12. The molecule has 0 radical (unpaired) electrons. The van der Waals surface area contributed by atoms with Crippen molar-refractivity contribution in [2.24, 2.45) is 0 Å². The fourth-order valence-corrected chi connectivity index (χ4v) is 4.02. The molecule has 0 N–H and O–H groups in total. The number of rotatable bonds is 14. The van der Waals surface area contributed by atoms with Gasteiger partial charge in [0.05, 0.1) is 11.1 Å². The Morgan fingerprint density at radius 1 is 0.719 bits per heavy atom. The quantitative estimate of drug-likeness (QED) is 0.221. The van der Waals surface area contributed by atoms with E-state index in [1.807, 2.05) is 44.2 Å². The number of carbonyl (C=O) groups is 2. The molecule has 0 amide bonds. The minimum absolute atomic E-state index is 0.137. The molecule has 4 heteroatoms. The molecule has 0 aliphatic carbocycles. The van der Waals surface area contributed by atoms with E-state index in [4.69, 9.17) is 9.47 Å². The number of unbranched alkanes of at least 4 members (excludes halogenated alkanes) is 4. The van der Waals surface area contributed by atoms with Crippen molar-refractivity contribution in [1.29, 1.82) is 0 Å². The number of fused-ring (bicyclic) bond motifs is 1. The van der Waals surface area contributed by atoms with Crippen molar-refractivity contribution >= 4 is 22.7 Å². The summed E-state index contributed by atoms with van der Waals surface area (Å²) in [7, 11) is 0. The van der Waals surface area contributed by atoms with E-state index < -0.39 is 11.9 Å². The summed E-state index contributed by atoms with van der Waals surface area (Å²) in [5.74, 6) is -0.874. The third kappa shape index (κ3) is 7.36. The van der Waals surface area contributed by atoms with Gasteiger partial charge in [-0.25, -0.2) is 9.59 Å². The summed E-state index contributed by atoms with van der Waals surface area (Å²) in [4.78, 5) is 26.5. The second-order valence-corrected chi connectivity index (χ2v) is 8.57. The Balaban J connectivity index is 2.30. The van der Waals surface area contributed by atoms with Crippen molar-refractivity contribution in [3.63, 3.8) is 0 Å². The average Bonchev–Trinajstić information content (AvgIpc) is 2.81. The Labute approximate surface area is 193 Å². The van der Waals surface area contributed by atoms with E-state index in [0.29, 0.717) is 11.1 Å². The zero-order valence-corrected chi connectivity index (χ0v) is 20.3. The van der Waals surface area contributed by atoms with Crippen molar-refractivity contribution in [3.8, 4) is 0 Å². The van der Waals surface area contributed by atoms with E-state index >= 15 is 0 Å². The monoisotopic (exact) mass is 440 g/mol. The highest BCUT2D eigenvalue weighted by Crippen LogP contribution is 2.26. The van der Waals surface area contributed by atoms with Crippen LogP contribution in [-0.2, 0) is 9.47 Å². The topological polar surface area (TPSA) is 52.6 Å². The molecular formula is C28H40O4. The smallest absolute Gasteiger partial charge is 0.339 e. The van der Waals surface area contributed by atoms with Gasteiger partial charge in [0, 0.05) is 0 Å². The lowest BCUT2D eigenvalue weighted by molar-refractivity contribution is 0.0221. The summed E-state index contributed by atoms with van der Waals surface area (Å²) in [5, 5.41) is 1.64. The van der Waals surface area contributed by atoms with Gasteiger partial charge in [0.1, 0.15) is 12.2 Å². The molecule has 0 aliphatic rings. The minimum Gasteiger partial charge on any atom is -0.459 e. The first-order valence-corrected chi connectivity index (χ1v) is 12.5. The van der Waals surface area contributed by atoms with E-state index in [1.165, 1.54) is 0 Å². The van der Waals surface area contributed by atoms with Gasteiger partial charge in [0.15, 0.2) is 0 Å². The molecule has 0 fully saturated rings. The summed E-state index contributed by atoms with van der Waals surface area (Å²) in [6, 6.07) is 11.2. The van der Waals surface area contributed by atoms with Crippen LogP contribution in [0.3, 0.4) is 0 Å². The number of hydrogen-bond acceptors (Lipinski definition) is 4. The molecule has 176 valence electrons. The molecule has 2 unspecified atom stereocenters. The molecule has 0 spiro atoms. The van der Waals surface area contributed by atoms with Gasteiger partial charge in [-0.05, 0) is 55.4 Å². The second-order valence-electron chi connectivity index (χ2n) is 8.57. The molecule has 2 rings (SSSR count). The maximum atomic E-state index is 13.3. The third-order valence-electron chi connectivity index (χ3n) is 6.07. The van der Waals surface area contributed by atoms with E-state index in [9.17, 15) is 9.59 Å². The van der Waals surface area contributed by atoms with Crippen LogP contribution in [0.1, 0.15) is 113 Å². The first kappa shape index (κ1) is 25.9. The molecule has 0 aromatic heterocycles. The molecule has 2 atom stereocenters. The van der Waals surface area contributed by atoms with Gasteiger partial charge in [0.25, 0.3) is 0 Å². The maximum absolute atomic E-state index is 13.3. The van der Waals surface area contributed by atoms with Crippen LogP contribution in [0, 0.1) is 0 Å². The highest BCUT2D eigenvalue weighted by atomic mass is 16.5. The Morgan fingerprint density at radius 2 is 1.28 bits per heavy atom. The molecule has 0 aliphatic heterocycles. The standard InChI is InChI=1S/C28H40O4/c1-5-9-11-16-22(7-3)31-27(29)25-20-19-21-15-13-14-18-24(21)26(25)28(30)32-23(8-4)17-12-10-6-2/h13-15,18-20,22-23H,5-12,16-17H2,1-4H3. The Morgan fingerprint density at radius 3 is 1.84 bits per heavy atom. The van der Waals surface area contributed by atoms with Crippen molar-refractivity contribution in [2.45, 2.75) is 104 Å². The molecule has 32 heavy (non-hydrogen) atoms. The molecule has 0 saturated heterocycles. The molecule has 2 aromatic carbocycles. The Kier molecular flexibility index (Phi) is 11.3. The fraction of sp³-hybridized carbons (Fsp3) is 0.571. The fourth-order valence-electron chi connectivity index (χ4n) is 4.02. The van der Waals surface area contributed by atoms with E-state index in [0.717, 1.165) is 75.0 Å². The van der Waals surface area contributed by atoms with Gasteiger partial charge < -0.3 is 9.47 Å². The van der Waals surface area contributed by atoms with Crippen LogP contribution in [-0.4, -0.2) is 24.1 Å². The van der Waals surface area contributed by atoms with Crippen LogP contribution in [0.5, 0.6) is 0 Å². The number of benzene rings is 2. The van der Waals surface area contributed by atoms with Crippen LogP contribution < -0.4 is 0 Å². The molecule has 4 nitrogen and oxygen atoms in total. The summed E-state index contributed by atoms with van der Waals surface area (Å²) >= 11 is 0. The zero-order chi connectivity index (χ0) is 23.3. The van der Waals surface area contributed by atoms with Crippen LogP contribution in [0.15, 0.2) is 36.4 Å². The second kappa shape index (κ2) is 13.9. The normalized spacial score (nSPS) is 13.0. The average molecular weight is 441 g/mol. The number of esters is 2. The Hall–Kier alpha value is -2.36. The summed E-state index contributed by atoms with van der Waals surface area (Å²) < 4.78 is 11.7. The van der Waals surface area contributed by atoms with Crippen molar-refractivity contribution in [3.05, 3.63) is 47.5 Å². The summed E-state index contributed by atoms with van der Waals surface area (Å²) in [5.41, 5.74) is 0.622. The Bertz CT molecular complexity index is 858. The first-order valence-electron chi connectivity index (χ1n) is 12.5. The number of hydrogen-bond donors (Lipinski definition) is 0. The first-order chi connectivity index (χ1) is 15.5. The van der Waals surface area contributed by atoms with Gasteiger partial charge in [0.2, 0.25) is 0 Å². The molecule has 0 saturated carbocycles. The van der Waals surface area contributed by atoms with Crippen molar-refractivity contribution < 1.29 is 19.1 Å². The van der Waals surface area contributed by atoms with E-state index in [2.05, 4.69) is 13.8 Å². The van der Waals surface area contributed by atoms with E-state index in [1.54, 1.807) is 6.07 Å². The largest absolute Gasteiger partial charge is 0.459 e. The van der Waals surface area contributed by atoms with Crippen LogP contribution in [0.4, 0.5) is 0 Å². The van der Waals surface area contributed by atoms with Gasteiger partial charge in [-0.15, -0.1) is 0 Å². The summed E-state index contributed by atoms with van der Waals surface area (Å²) in [6.07, 6.45) is 9.49. The number of carbonyl (C=O) groups excluding carboxylic acids is 2. The zero-order valence-electron chi connectivity index (χ0n) is 20.3. The predicted molar refractivity (Wildman–Crippen MR) is 131 cm³/mol. The van der Waals surface area contributed by atoms with Crippen LogP contribution in [0.2, 0.25) is 0 Å². The van der Waals surface area contributed by atoms with Gasteiger partial charge in [-0.1, -0.05) is 83.7 Å². The van der Waals surface area contributed by atoms with Gasteiger partial charge >= 0.3 is 11.9 Å². The SMILES string of the molecule is CCCCCC(CC)OC(=O)c1ccc2ccccc2c1C(=O)OC(CC)CCCCC. The van der Waals surface area contributed by atoms with Crippen LogP contribution >= 0.6 is 0 Å². The lowest BCUT2D eigenvalue weighted by atomic mass is 9.98. The van der Waals surface area contributed by atoms with Gasteiger partial charge in [-0.2, -0.15) is 0 Å². The van der Waals surface area contributed by atoms with E-state index in [-0.39, 0.29) is 12.2 Å². The molecule has 0 bridgehead atoms. The highest BCUT2D eigenvalue weighted by Gasteiger charge is 2.26. The summed E-state index contributed by atoms with van der Waals surface area (Å²) in [6.45, 7) is 8.38. The molecule has 2 aromatic rings. The predicted octanol–water partition coefficient (Wildman–Crippen LogP) is 7.87. The van der Waals surface area contributed by atoms with Gasteiger partial charge in [-0.3, -0.25) is 0 Å². The lowest BCUT2D eigenvalue weighted by Crippen LogP contribution is -2.23. The lowest BCUT2D eigenvalue weighted by Gasteiger charge is -2.20. The van der Waals surface area contributed by atoms with Crippen molar-refractivity contribution in [1.82, 2.24) is 0 Å². The van der Waals surface area contributed by atoms with Crippen LogP contribution in [0.25, 0.3) is 10.8 Å². The minimum atomic E-state index is -0.440. The van der Waals surface area contributed by atoms with Crippen molar-refractivity contribution in [2.75, 3.05) is 0 Å². The molecular weight excluding hydrogens is 400 g/mol. The number of ether oxygens (including phenoxy) is 2. The third-order valence-corrected chi connectivity index (χ3v) is 6.07. The molecule has 0 heterocycles.